The lowest BCUT2D eigenvalue weighted by atomic mass is 10.3. The number of hydrogen-bond donors (Lipinski definition) is 0. The first-order valence-electron chi connectivity index (χ1n) is 5.63. The van der Waals surface area contributed by atoms with Gasteiger partial charge in [-0.15, -0.1) is 0 Å². The van der Waals surface area contributed by atoms with E-state index in [1.54, 1.807) is 0 Å². The molecule has 0 atom stereocenters. The molecule has 0 aliphatic carbocycles. The van der Waals surface area contributed by atoms with E-state index in [0.29, 0.717) is 0 Å². The lowest BCUT2D eigenvalue weighted by Gasteiger charge is -2.06. The van der Waals surface area contributed by atoms with Crippen molar-refractivity contribution in [3.63, 3.8) is 0 Å². The van der Waals surface area contributed by atoms with Crippen LogP contribution in [-0.2, 0) is 9.84 Å². The van der Waals surface area contributed by atoms with E-state index in [1.807, 2.05) is 0 Å². The number of benzene rings is 1. The van der Waals surface area contributed by atoms with E-state index in [9.17, 15) is 22.9 Å². The van der Waals surface area contributed by atoms with Crippen molar-refractivity contribution in [2.75, 3.05) is 18.1 Å². The summed E-state index contributed by atoms with van der Waals surface area (Å²) in [7, 11) is -3.10. The third-order valence-corrected chi connectivity index (χ3v) is 4.21. The zero-order chi connectivity index (χ0) is 14.5. The average molecular weight is 291 g/mol. The molecule has 6 nitrogen and oxygen atoms in total. The zero-order valence-corrected chi connectivity index (χ0v) is 11.2. The molecule has 8 heteroatoms. The van der Waals surface area contributed by atoms with Crippen molar-refractivity contribution in [2.24, 2.45) is 0 Å². The molecule has 0 amide bonds. The van der Waals surface area contributed by atoms with Crippen LogP contribution in [-0.4, -0.2) is 31.5 Å². The molecule has 0 aliphatic rings. The summed E-state index contributed by atoms with van der Waals surface area (Å²) in [6, 6.07) is 2.88. The van der Waals surface area contributed by atoms with Crippen molar-refractivity contribution in [1.29, 1.82) is 0 Å². The second kappa shape index (κ2) is 6.46. The number of rotatable bonds is 7. The minimum Gasteiger partial charge on any atom is -0.487 e. The number of nitrogens with zero attached hydrogens (tertiary/aromatic N) is 1. The largest absolute Gasteiger partial charge is 0.487 e. The van der Waals surface area contributed by atoms with Gasteiger partial charge >= 0.3 is 5.69 Å². The van der Waals surface area contributed by atoms with E-state index < -0.39 is 20.6 Å². The molecule has 0 saturated carbocycles. The van der Waals surface area contributed by atoms with Crippen LogP contribution in [0.15, 0.2) is 18.2 Å². The van der Waals surface area contributed by atoms with Crippen LogP contribution in [0.2, 0.25) is 0 Å². The molecule has 1 aromatic rings. The molecule has 0 aromatic heterocycles. The Bertz CT molecular complexity index is 558. The fraction of sp³-hybridized carbons (Fsp3) is 0.455. The van der Waals surface area contributed by atoms with Crippen LogP contribution in [0.25, 0.3) is 0 Å². The van der Waals surface area contributed by atoms with E-state index in [-0.39, 0.29) is 36.0 Å². The summed E-state index contributed by atoms with van der Waals surface area (Å²) in [5, 5.41) is 10.7. The number of nitro benzene ring substituents is 1. The van der Waals surface area contributed by atoms with Gasteiger partial charge in [0.05, 0.1) is 17.3 Å². The minimum absolute atomic E-state index is 0.0243. The van der Waals surface area contributed by atoms with E-state index in [0.717, 1.165) is 18.2 Å². The van der Waals surface area contributed by atoms with E-state index in [1.165, 1.54) is 6.92 Å². The molecule has 0 bridgehead atoms. The third-order valence-electron chi connectivity index (χ3n) is 2.42. The quantitative estimate of drug-likeness (QED) is 0.435. The van der Waals surface area contributed by atoms with E-state index >= 15 is 0 Å². The lowest BCUT2D eigenvalue weighted by molar-refractivity contribution is -0.385. The first kappa shape index (κ1) is 15.4. The molecule has 1 aromatic carbocycles. The standard InChI is InChI=1S/C11H14FNO5S/c1-2-19(16,17)7-3-6-18-11-8-9(12)4-5-10(11)13(14)15/h4-5,8H,2-3,6-7H2,1H3. The first-order valence-corrected chi connectivity index (χ1v) is 7.45. The van der Waals surface area contributed by atoms with Gasteiger partial charge in [-0.25, -0.2) is 12.8 Å². The molecule has 0 spiro atoms. The summed E-state index contributed by atoms with van der Waals surface area (Å²) < 4.78 is 40.5. The van der Waals surface area contributed by atoms with Gasteiger partial charge in [0.25, 0.3) is 0 Å². The van der Waals surface area contributed by atoms with Gasteiger partial charge in [0, 0.05) is 17.9 Å². The number of nitro groups is 1. The van der Waals surface area contributed by atoms with Crippen molar-refractivity contribution < 1.29 is 22.5 Å². The SMILES string of the molecule is CCS(=O)(=O)CCCOc1cc(F)ccc1[N+](=O)[O-]. The molecule has 0 radical (unpaired) electrons. The van der Waals surface area contributed by atoms with Crippen LogP contribution in [0.3, 0.4) is 0 Å². The maximum absolute atomic E-state index is 13.0. The number of sulfone groups is 1. The highest BCUT2D eigenvalue weighted by atomic mass is 32.2. The highest BCUT2D eigenvalue weighted by Gasteiger charge is 2.16. The Kier molecular flexibility index (Phi) is 5.22. The first-order chi connectivity index (χ1) is 8.85. The molecule has 19 heavy (non-hydrogen) atoms. The summed E-state index contributed by atoms with van der Waals surface area (Å²) >= 11 is 0. The highest BCUT2D eigenvalue weighted by molar-refractivity contribution is 7.91. The monoisotopic (exact) mass is 291 g/mol. The average Bonchev–Trinajstić information content (AvgIpc) is 2.34. The Hall–Kier alpha value is -1.70. The van der Waals surface area contributed by atoms with Gasteiger partial charge in [-0.05, 0) is 12.5 Å². The van der Waals surface area contributed by atoms with Gasteiger partial charge in [0.1, 0.15) is 15.7 Å². The fourth-order valence-corrected chi connectivity index (χ4v) is 2.21. The maximum Gasteiger partial charge on any atom is 0.311 e. The van der Waals surface area contributed by atoms with Crippen molar-refractivity contribution in [1.82, 2.24) is 0 Å². The Morgan fingerprint density at radius 1 is 1.42 bits per heavy atom. The Labute approximate surface area is 110 Å². The van der Waals surface area contributed by atoms with Gasteiger partial charge < -0.3 is 4.74 Å². The summed E-state index contributed by atoms with van der Waals surface area (Å²) in [4.78, 5) is 10.00. The normalized spacial score (nSPS) is 11.3. The summed E-state index contributed by atoms with van der Waals surface area (Å²) in [5.41, 5.74) is -0.347. The predicted molar refractivity (Wildman–Crippen MR) is 67.5 cm³/mol. The van der Waals surface area contributed by atoms with E-state index in [4.69, 9.17) is 4.74 Å². The fourth-order valence-electron chi connectivity index (χ4n) is 1.36. The molecule has 0 saturated heterocycles. The third kappa shape index (κ3) is 4.82. The Morgan fingerprint density at radius 3 is 2.68 bits per heavy atom. The smallest absolute Gasteiger partial charge is 0.311 e. The van der Waals surface area contributed by atoms with Gasteiger partial charge in [-0.2, -0.15) is 0 Å². The zero-order valence-electron chi connectivity index (χ0n) is 10.3. The van der Waals surface area contributed by atoms with Crippen molar-refractivity contribution in [3.05, 3.63) is 34.1 Å². The predicted octanol–water partition coefficient (Wildman–Crippen LogP) is 1.94. The molecule has 0 aliphatic heterocycles. The molecule has 0 fully saturated rings. The van der Waals surface area contributed by atoms with Gasteiger partial charge in [0.2, 0.25) is 0 Å². The second-order valence-corrected chi connectivity index (χ2v) is 6.28. The van der Waals surface area contributed by atoms with E-state index in [2.05, 4.69) is 0 Å². The topological polar surface area (TPSA) is 86.5 Å². The summed E-state index contributed by atoms with van der Waals surface area (Å²) in [6.07, 6.45) is 0.198. The van der Waals surface area contributed by atoms with Crippen LogP contribution in [0.1, 0.15) is 13.3 Å². The van der Waals surface area contributed by atoms with Crippen LogP contribution in [0, 0.1) is 15.9 Å². The van der Waals surface area contributed by atoms with Gasteiger partial charge in [-0.1, -0.05) is 6.92 Å². The maximum atomic E-state index is 13.0. The minimum atomic E-state index is -3.10. The molecule has 1 rings (SSSR count). The van der Waals surface area contributed by atoms with Crippen molar-refractivity contribution >= 4 is 15.5 Å². The molecule has 106 valence electrons. The second-order valence-electron chi connectivity index (χ2n) is 3.81. The van der Waals surface area contributed by atoms with Crippen LogP contribution in [0.4, 0.5) is 10.1 Å². The molecule has 0 heterocycles. The van der Waals surface area contributed by atoms with Crippen molar-refractivity contribution in [3.8, 4) is 5.75 Å². The molecule has 0 unspecified atom stereocenters. The molecular weight excluding hydrogens is 277 g/mol. The van der Waals surface area contributed by atoms with Crippen LogP contribution >= 0.6 is 0 Å². The lowest BCUT2D eigenvalue weighted by Crippen LogP contribution is -2.12. The summed E-state index contributed by atoms with van der Waals surface area (Å²) in [5.74, 6) is -0.875. The van der Waals surface area contributed by atoms with Crippen LogP contribution < -0.4 is 4.74 Å². The van der Waals surface area contributed by atoms with Crippen molar-refractivity contribution in [2.45, 2.75) is 13.3 Å². The number of halogens is 1. The Balaban J connectivity index is 2.63. The molecule has 0 N–H and O–H groups in total. The highest BCUT2D eigenvalue weighted by Crippen LogP contribution is 2.27. The summed E-state index contributed by atoms with van der Waals surface area (Å²) in [6.45, 7) is 1.51. The van der Waals surface area contributed by atoms with Gasteiger partial charge in [0.15, 0.2) is 5.75 Å². The van der Waals surface area contributed by atoms with Crippen LogP contribution in [0.5, 0.6) is 5.75 Å². The molecular formula is C11H14FNO5S. The number of hydrogen-bond acceptors (Lipinski definition) is 5. The Morgan fingerprint density at radius 2 is 2.11 bits per heavy atom. The van der Waals surface area contributed by atoms with Gasteiger partial charge in [-0.3, -0.25) is 10.1 Å². The number of ether oxygens (including phenoxy) is 1.